The van der Waals surface area contributed by atoms with Crippen molar-refractivity contribution in [2.24, 2.45) is 5.92 Å². The van der Waals surface area contributed by atoms with Gasteiger partial charge in [0.25, 0.3) is 0 Å². The molecule has 0 bridgehead atoms. The first-order valence-corrected chi connectivity index (χ1v) is 7.40. The third kappa shape index (κ3) is 3.11. The standard InChI is InChI=1S/C15H19BrO3/c1-18-13-8-7-11(15(19-2)14(13)16)12(17)9-10-5-3-4-6-10/h7-8,10H,3-6,9H2,1-2H3. The number of halogens is 1. The van der Waals surface area contributed by atoms with E-state index < -0.39 is 0 Å². The summed E-state index contributed by atoms with van der Waals surface area (Å²) >= 11 is 3.43. The van der Waals surface area contributed by atoms with Gasteiger partial charge < -0.3 is 9.47 Å². The molecule has 0 unspecified atom stereocenters. The first-order valence-electron chi connectivity index (χ1n) is 6.61. The molecule has 0 heterocycles. The predicted octanol–water partition coefficient (Wildman–Crippen LogP) is 4.23. The molecule has 0 spiro atoms. The number of rotatable bonds is 5. The molecule has 1 aliphatic carbocycles. The Morgan fingerprint density at radius 3 is 2.53 bits per heavy atom. The highest BCUT2D eigenvalue weighted by Crippen LogP contribution is 2.38. The van der Waals surface area contributed by atoms with Gasteiger partial charge in [0.15, 0.2) is 5.78 Å². The highest BCUT2D eigenvalue weighted by molar-refractivity contribution is 9.10. The van der Waals surface area contributed by atoms with Gasteiger partial charge in [-0.3, -0.25) is 4.79 Å². The highest BCUT2D eigenvalue weighted by Gasteiger charge is 2.23. The largest absolute Gasteiger partial charge is 0.495 e. The van der Waals surface area contributed by atoms with Crippen LogP contribution in [-0.4, -0.2) is 20.0 Å². The summed E-state index contributed by atoms with van der Waals surface area (Å²) in [5.74, 6) is 1.95. The molecule has 0 atom stereocenters. The minimum absolute atomic E-state index is 0.159. The van der Waals surface area contributed by atoms with Gasteiger partial charge in [-0.25, -0.2) is 0 Å². The summed E-state index contributed by atoms with van der Waals surface area (Å²) in [5.41, 5.74) is 0.641. The summed E-state index contributed by atoms with van der Waals surface area (Å²) in [6, 6.07) is 3.59. The lowest BCUT2D eigenvalue weighted by Crippen LogP contribution is -2.08. The van der Waals surface area contributed by atoms with Crippen molar-refractivity contribution in [2.75, 3.05) is 14.2 Å². The van der Waals surface area contributed by atoms with E-state index in [0.717, 1.165) is 0 Å². The zero-order chi connectivity index (χ0) is 13.8. The van der Waals surface area contributed by atoms with Crippen molar-refractivity contribution in [2.45, 2.75) is 32.1 Å². The Kier molecular flexibility index (Phi) is 4.86. The second-order valence-corrected chi connectivity index (χ2v) is 5.73. The van der Waals surface area contributed by atoms with Crippen molar-refractivity contribution < 1.29 is 14.3 Å². The topological polar surface area (TPSA) is 35.5 Å². The normalized spacial score (nSPS) is 15.5. The molecule has 1 aromatic rings. The first-order chi connectivity index (χ1) is 9.17. The molecule has 0 aromatic heterocycles. The van der Waals surface area contributed by atoms with Crippen LogP contribution in [0.2, 0.25) is 0 Å². The van der Waals surface area contributed by atoms with E-state index in [1.54, 1.807) is 26.4 Å². The van der Waals surface area contributed by atoms with Gasteiger partial charge in [0.05, 0.1) is 19.8 Å². The van der Waals surface area contributed by atoms with Crippen molar-refractivity contribution in [3.05, 3.63) is 22.2 Å². The van der Waals surface area contributed by atoms with E-state index >= 15 is 0 Å². The molecule has 0 N–H and O–H groups in total. The van der Waals surface area contributed by atoms with Crippen molar-refractivity contribution in [3.63, 3.8) is 0 Å². The van der Waals surface area contributed by atoms with Gasteiger partial charge in [0.2, 0.25) is 0 Å². The predicted molar refractivity (Wildman–Crippen MR) is 78.2 cm³/mol. The number of methoxy groups -OCH3 is 2. The second-order valence-electron chi connectivity index (χ2n) is 4.94. The van der Waals surface area contributed by atoms with E-state index in [-0.39, 0.29) is 5.78 Å². The number of Topliss-reactive ketones (excluding diaryl/α,β-unsaturated/α-hetero) is 1. The fourth-order valence-corrected chi connectivity index (χ4v) is 3.37. The Morgan fingerprint density at radius 2 is 1.95 bits per heavy atom. The van der Waals surface area contributed by atoms with Crippen molar-refractivity contribution in [1.29, 1.82) is 0 Å². The zero-order valence-corrected chi connectivity index (χ0v) is 13.0. The Bertz CT molecular complexity index is 465. The van der Waals surface area contributed by atoms with E-state index in [4.69, 9.17) is 9.47 Å². The van der Waals surface area contributed by atoms with Crippen LogP contribution >= 0.6 is 15.9 Å². The van der Waals surface area contributed by atoms with Crippen LogP contribution in [0.1, 0.15) is 42.5 Å². The summed E-state index contributed by atoms with van der Waals surface area (Å²) in [5, 5.41) is 0. The average molecular weight is 327 g/mol. The van der Waals surface area contributed by atoms with Gasteiger partial charge >= 0.3 is 0 Å². The van der Waals surface area contributed by atoms with Crippen LogP contribution in [0.25, 0.3) is 0 Å². The lowest BCUT2D eigenvalue weighted by atomic mass is 9.96. The number of ketones is 1. The van der Waals surface area contributed by atoms with Crippen LogP contribution in [0.3, 0.4) is 0 Å². The quantitative estimate of drug-likeness (QED) is 0.759. The summed E-state index contributed by atoms with van der Waals surface area (Å²) in [6.45, 7) is 0. The average Bonchev–Trinajstić information content (AvgIpc) is 2.91. The molecule has 4 heteroatoms. The third-order valence-electron chi connectivity index (χ3n) is 3.73. The molecule has 104 valence electrons. The molecular weight excluding hydrogens is 308 g/mol. The van der Waals surface area contributed by atoms with Crippen LogP contribution in [0.5, 0.6) is 11.5 Å². The van der Waals surface area contributed by atoms with Crippen LogP contribution in [0, 0.1) is 5.92 Å². The Labute approximate surface area is 122 Å². The number of ether oxygens (including phenoxy) is 2. The van der Waals surface area contributed by atoms with Crippen molar-refractivity contribution in [1.82, 2.24) is 0 Å². The lowest BCUT2D eigenvalue weighted by Gasteiger charge is -2.14. The van der Waals surface area contributed by atoms with Crippen molar-refractivity contribution in [3.8, 4) is 11.5 Å². The number of benzene rings is 1. The SMILES string of the molecule is COc1ccc(C(=O)CC2CCCC2)c(OC)c1Br. The molecule has 0 radical (unpaired) electrons. The number of carbonyl (C=O) groups excluding carboxylic acids is 1. The molecular formula is C15H19BrO3. The summed E-state index contributed by atoms with van der Waals surface area (Å²) in [7, 11) is 3.17. The summed E-state index contributed by atoms with van der Waals surface area (Å²) in [4.78, 5) is 12.4. The maximum absolute atomic E-state index is 12.4. The second kappa shape index (κ2) is 6.42. The van der Waals surface area contributed by atoms with Gasteiger partial charge in [0.1, 0.15) is 16.0 Å². The Hall–Kier alpha value is -1.03. The van der Waals surface area contributed by atoms with Crippen molar-refractivity contribution >= 4 is 21.7 Å². The molecule has 0 aliphatic heterocycles. The van der Waals surface area contributed by atoms with Gasteiger partial charge in [-0.05, 0) is 34.0 Å². The smallest absolute Gasteiger partial charge is 0.166 e. The van der Waals surface area contributed by atoms with E-state index in [9.17, 15) is 4.79 Å². The van der Waals surface area contributed by atoms with Gasteiger partial charge in [0, 0.05) is 6.42 Å². The van der Waals surface area contributed by atoms with Crippen LogP contribution in [0.4, 0.5) is 0 Å². The molecule has 0 amide bonds. The van der Waals surface area contributed by atoms with Crippen LogP contribution in [0.15, 0.2) is 16.6 Å². The maximum atomic E-state index is 12.4. The first kappa shape index (κ1) is 14.4. The Morgan fingerprint density at radius 1 is 1.26 bits per heavy atom. The van der Waals surface area contributed by atoms with E-state index in [1.165, 1.54) is 25.7 Å². The molecule has 1 fully saturated rings. The van der Waals surface area contributed by atoms with E-state index in [0.29, 0.717) is 33.9 Å². The monoisotopic (exact) mass is 326 g/mol. The van der Waals surface area contributed by atoms with Gasteiger partial charge in [-0.2, -0.15) is 0 Å². The fraction of sp³-hybridized carbons (Fsp3) is 0.533. The molecule has 0 saturated heterocycles. The Balaban J connectivity index is 2.23. The molecule has 19 heavy (non-hydrogen) atoms. The maximum Gasteiger partial charge on any atom is 0.166 e. The molecule has 1 aromatic carbocycles. The third-order valence-corrected chi connectivity index (χ3v) is 4.49. The molecule has 2 rings (SSSR count). The van der Waals surface area contributed by atoms with E-state index in [1.807, 2.05) is 0 Å². The number of hydrogen-bond acceptors (Lipinski definition) is 3. The fourth-order valence-electron chi connectivity index (χ4n) is 2.70. The zero-order valence-electron chi connectivity index (χ0n) is 11.4. The number of carbonyl (C=O) groups is 1. The van der Waals surface area contributed by atoms with E-state index in [2.05, 4.69) is 15.9 Å². The minimum Gasteiger partial charge on any atom is -0.495 e. The van der Waals surface area contributed by atoms with Crippen LogP contribution < -0.4 is 9.47 Å². The van der Waals surface area contributed by atoms with Gasteiger partial charge in [-0.1, -0.05) is 25.7 Å². The molecule has 1 aliphatic rings. The number of hydrogen-bond donors (Lipinski definition) is 0. The minimum atomic E-state index is 0.159. The molecule has 1 saturated carbocycles. The van der Waals surface area contributed by atoms with Gasteiger partial charge in [-0.15, -0.1) is 0 Å². The van der Waals surface area contributed by atoms with Crippen LogP contribution in [-0.2, 0) is 0 Å². The molecule has 3 nitrogen and oxygen atoms in total. The summed E-state index contributed by atoms with van der Waals surface area (Å²) in [6.07, 6.45) is 5.47. The summed E-state index contributed by atoms with van der Waals surface area (Å²) < 4.78 is 11.3. The lowest BCUT2D eigenvalue weighted by molar-refractivity contribution is 0.0959. The highest BCUT2D eigenvalue weighted by atomic mass is 79.9.